The lowest BCUT2D eigenvalue weighted by molar-refractivity contribution is -0.123. The van der Waals surface area contributed by atoms with Gasteiger partial charge in [-0.2, -0.15) is 0 Å². The molecule has 4 rings (SSSR count). The number of rotatable bonds is 9. The molecular weight excluding hydrogens is 460 g/mol. The number of ether oxygens (including phenoxy) is 1. The van der Waals surface area contributed by atoms with Gasteiger partial charge in [0.05, 0.1) is 19.1 Å². The van der Waals surface area contributed by atoms with Crippen molar-refractivity contribution in [1.82, 2.24) is 9.88 Å². The van der Waals surface area contributed by atoms with Gasteiger partial charge in [-0.25, -0.2) is 4.79 Å². The van der Waals surface area contributed by atoms with Gasteiger partial charge in [0.1, 0.15) is 4.88 Å². The smallest absolute Gasteiger partial charge is 0.350 e. The summed E-state index contributed by atoms with van der Waals surface area (Å²) in [6, 6.07) is 17.9. The predicted octanol–water partition coefficient (Wildman–Crippen LogP) is 5.03. The van der Waals surface area contributed by atoms with Gasteiger partial charge >= 0.3 is 10.8 Å². The molecule has 1 N–H and O–H groups in total. The number of thiazole rings is 1. The van der Waals surface area contributed by atoms with E-state index < -0.39 is 5.97 Å². The van der Waals surface area contributed by atoms with Crippen LogP contribution < -0.4 is 10.2 Å². The van der Waals surface area contributed by atoms with Gasteiger partial charge in [0, 0.05) is 12.2 Å². The van der Waals surface area contributed by atoms with Gasteiger partial charge in [0.25, 0.3) is 0 Å². The molecule has 7 heteroatoms. The summed E-state index contributed by atoms with van der Waals surface area (Å²) in [5.74, 6) is -0.235. The second kappa shape index (κ2) is 11.5. The summed E-state index contributed by atoms with van der Waals surface area (Å²) >= 11 is 0.921. The number of esters is 1. The molecule has 3 aromatic rings. The molecule has 0 spiro atoms. The number of hydrogen-bond donors (Lipinski definition) is 1. The molecule has 1 saturated carbocycles. The van der Waals surface area contributed by atoms with E-state index in [1.807, 2.05) is 54.6 Å². The van der Waals surface area contributed by atoms with E-state index in [9.17, 15) is 14.4 Å². The average molecular weight is 493 g/mol. The molecule has 1 aromatic heterocycles. The lowest BCUT2D eigenvalue weighted by atomic mass is 9.83. The van der Waals surface area contributed by atoms with E-state index in [0.29, 0.717) is 29.6 Å². The zero-order valence-corrected chi connectivity index (χ0v) is 21.1. The fraction of sp³-hybridized carbons (Fsp3) is 0.393. The van der Waals surface area contributed by atoms with Crippen LogP contribution in [0.4, 0.5) is 0 Å². The van der Waals surface area contributed by atoms with E-state index in [-0.39, 0.29) is 23.3 Å². The maximum atomic E-state index is 13.3. The van der Waals surface area contributed by atoms with Gasteiger partial charge in [-0.05, 0) is 49.3 Å². The fourth-order valence-electron chi connectivity index (χ4n) is 4.88. The quantitative estimate of drug-likeness (QED) is 0.425. The number of nitrogens with one attached hydrogen (secondary N) is 1. The van der Waals surface area contributed by atoms with Crippen LogP contribution in [0.3, 0.4) is 0 Å². The van der Waals surface area contributed by atoms with Gasteiger partial charge in [-0.15, -0.1) is 0 Å². The number of hydrogen-bond acceptors (Lipinski definition) is 5. The Balaban J connectivity index is 1.50. The highest BCUT2D eigenvalue weighted by Gasteiger charge is 2.32. The Labute approximate surface area is 210 Å². The van der Waals surface area contributed by atoms with E-state index in [4.69, 9.17) is 4.74 Å². The number of nitrogens with zero attached hydrogens (tertiary/aromatic N) is 1. The molecule has 0 aliphatic heterocycles. The highest BCUT2D eigenvalue weighted by atomic mass is 32.1. The van der Waals surface area contributed by atoms with Gasteiger partial charge in [-0.3, -0.25) is 14.2 Å². The van der Waals surface area contributed by atoms with Crippen LogP contribution in [0.5, 0.6) is 0 Å². The Morgan fingerprint density at radius 3 is 2.40 bits per heavy atom. The van der Waals surface area contributed by atoms with Crippen molar-refractivity contribution in [2.45, 2.75) is 58.5 Å². The first-order chi connectivity index (χ1) is 17.0. The Bertz CT molecular complexity index is 1210. The van der Waals surface area contributed by atoms with Crippen molar-refractivity contribution in [2.75, 3.05) is 6.61 Å². The third-order valence-corrected chi connectivity index (χ3v) is 7.81. The molecule has 184 valence electrons. The number of carbonyl (C=O) groups excluding carboxylic acids is 2. The third-order valence-electron chi connectivity index (χ3n) is 6.75. The minimum Gasteiger partial charge on any atom is -0.462 e. The van der Waals surface area contributed by atoms with E-state index in [1.54, 1.807) is 18.4 Å². The van der Waals surface area contributed by atoms with Gasteiger partial charge in [-0.1, -0.05) is 78.8 Å². The van der Waals surface area contributed by atoms with Crippen molar-refractivity contribution in [3.63, 3.8) is 0 Å². The summed E-state index contributed by atoms with van der Waals surface area (Å²) in [6.45, 7) is 4.67. The normalized spacial score (nSPS) is 14.6. The standard InChI is InChI=1S/C28H32N2O4S/c1-3-34-27(32)25-19(2)30(28(33)35-25)18-21-13-15-23(16-14-21)24(22-11-7-8-12-22)26(31)29-17-20-9-5-4-6-10-20/h4-6,9-10,13-16,22,24H,3,7-8,11-12,17-18H2,1-2H3,(H,29,31). The number of amides is 1. The first kappa shape index (κ1) is 24.9. The highest BCUT2D eigenvalue weighted by molar-refractivity contribution is 7.11. The highest BCUT2D eigenvalue weighted by Crippen LogP contribution is 2.37. The molecule has 1 fully saturated rings. The molecule has 1 heterocycles. The van der Waals surface area contributed by atoms with Crippen molar-refractivity contribution in [1.29, 1.82) is 0 Å². The van der Waals surface area contributed by atoms with E-state index in [1.165, 1.54) is 0 Å². The van der Waals surface area contributed by atoms with Crippen LogP contribution in [-0.4, -0.2) is 23.1 Å². The first-order valence-corrected chi connectivity index (χ1v) is 13.1. The number of aromatic nitrogens is 1. The van der Waals surface area contributed by atoms with Crippen molar-refractivity contribution >= 4 is 23.2 Å². The predicted molar refractivity (Wildman–Crippen MR) is 138 cm³/mol. The van der Waals surface area contributed by atoms with E-state index >= 15 is 0 Å². The Morgan fingerprint density at radius 1 is 1.06 bits per heavy atom. The minimum atomic E-state index is -0.456. The van der Waals surface area contributed by atoms with E-state index in [0.717, 1.165) is 53.7 Å². The maximum absolute atomic E-state index is 13.3. The second-order valence-electron chi connectivity index (χ2n) is 9.06. The second-order valence-corrected chi connectivity index (χ2v) is 10.0. The molecule has 6 nitrogen and oxygen atoms in total. The van der Waals surface area contributed by atoms with Crippen molar-refractivity contribution in [2.24, 2.45) is 5.92 Å². The van der Waals surface area contributed by atoms with Gasteiger partial charge < -0.3 is 10.1 Å². The van der Waals surface area contributed by atoms with Gasteiger partial charge in [0.15, 0.2) is 0 Å². The Morgan fingerprint density at radius 2 is 1.74 bits per heavy atom. The molecule has 1 aliphatic carbocycles. The zero-order valence-electron chi connectivity index (χ0n) is 20.3. The molecule has 0 bridgehead atoms. The van der Waals surface area contributed by atoms with Crippen LogP contribution in [-0.2, 0) is 22.6 Å². The SMILES string of the molecule is CCOC(=O)c1sc(=O)n(Cc2ccc(C(C(=O)NCc3ccccc3)C3CCCC3)cc2)c1C. The lowest BCUT2D eigenvalue weighted by Crippen LogP contribution is -2.32. The van der Waals surface area contributed by atoms with Crippen LogP contribution >= 0.6 is 11.3 Å². The van der Waals surface area contributed by atoms with Crippen LogP contribution in [0.15, 0.2) is 59.4 Å². The topological polar surface area (TPSA) is 77.4 Å². The van der Waals surface area contributed by atoms with Crippen LogP contribution in [0.1, 0.15) is 70.6 Å². The first-order valence-electron chi connectivity index (χ1n) is 12.3. The summed E-state index contributed by atoms with van der Waals surface area (Å²) in [6.07, 6.45) is 4.44. The Hall–Kier alpha value is -3.19. The monoisotopic (exact) mass is 492 g/mol. The maximum Gasteiger partial charge on any atom is 0.350 e. The number of carbonyl (C=O) groups is 2. The molecule has 35 heavy (non-hydrogen) atoms. The van der Waals surface area contributed by atoms with Gasteiger partial charge in [0.2, 0.25) is 5.91 Å². The fourth-order valence-corrected chi connectivity index (χ4v) is 5.77. The van der Waals surface area contributed by atoms with Crippen molar-refractivity contribution in [3.8, 4) is 0 Å². The molecule has 0 radical (unpaired) electrons. The molecular formula is C28H32N2O4S. The molecule has 2 aromatic carbocycles. The van der Waals surface area contributed by atoms with Crippen molar-refractivity contribution < 1.29 is 14.3 Å². The molecule has 1 atom stereocenters. The summed E-state index contributed by atoms with van der Waals surface area (Å²) in [4.78, 5) is 38.1. The van der Waals surface area contributed by atoms with Crippen LogP contribution in [0.25, 0.3) is 0 Å². The van der Waals surface area contributed by atoms with Crippen LogP contribution in [0.2, 0.25) is 0 Å². The largest absolute Gasteiger partial charge is 0.462 e. The minimum absolute atomic E-state index is 0.0671. The number of benzene rings is 2. The third kappa shape index (κ3) is 5.90. The lowest BCUT2D eigenvalue weighted by Gasteiger charge is -2.23. The summed E-state index contributed by atoms with van der Waals surface area (Å²) in [5.41, 5.74) is 3.65. The molecule has 1 unspecified atom stereocenters. The molecule has 1 aliphatic rings. The Kier molecular flexibility index (Phi) is 8.18. The summed E-state index contributed by atoms with van der Waals surface area (Å²) < 4.78 is 6.67. The average Bonchev–Trinajstić information content (AvgIpc) is 3.49. The van der Waals surface area contributed by atoms with E-state index in [2.05, 4.69) is 5.32 Å². The molecule has 1 amide bonds. The molecule has 0 saturated heterocycles. The van der Waals surface area contributed by atoms with Crippen molar-refractivity contribution in [3.05, 3.63) is 91.5 Å². The summed E-state index contributed by atoms with van der Waals surface area (Å²) in [7, 11) is 0. The zero-order chi connectivity index (χ0) is 24.8. The summed E-state index contributed by atoms with van der Waals surface area (Å²) in [5, 5.41) is 3.14. The van der Waals surface area contributed by atoms with Crippen LogP contribution in [0, 0.1) is 12.8 Å².